The average molecular weight is 973 g/mol. The maximum absolute atomic E-state index is 11.1. The maximum Gasteiger partial charge on any atom is 0.264 e. The molecule has 0 unspecified atom stereocenters. The summed E-state index contributed by atoms with van der Waals surface area (Å²) in [6.07, 6.45) is 0.729. The van der Waals surface area contributed by atoms with Gasteiger partial charge in [0, 0.05) is 69.0 Å². The van der Waals surface area contributed by atoms with E-state index in [0.29, 0.717) is 44.7 Å². The van der Waals surface area contributed by atoms with E-state index in [1.807, 2.05) is 24.0 Å². The molecular weight excluding hydrogens is 896 g/mol. The molecule has 0 N–H and O–H groups in total. The molecule has 71 heavy (non-hydrogen) atoms. The van der Waals surface area contributed by atoms with Crippen molar-refractivity contribution in [1.29, 1.82) is 0 Å². The van der Waals surface area contributed by atoms with Crippen molar-refractivity contribution in [3.05, 3.63) is 185 Å². The van der Waals surface area contributed by atoms with Crippen LogP contribution in [0.2, 0.25) is 0 Å². The number of thiophene rings is 2. The lowest BCUT2D eigenvalue weighted by Crippen LogP contribution is -2.60. The highest BCUT2D eigenvalue weighted by Gasteiger charge is 2.48. The van der Waals surface area contributed by atoms with Gasteiger partial charge in [-0.15, -0.1) is 22.7 Å². The zero-order valence-electron chi connectivity index (χ0n) is 57.8. The summed E-state index contributed by atoms with van der Waals surface area (Å²) in [4.78, 5) is 4.23. The number of nitrogens with zero attached hydrogens (tertiary/aromatic N) is 2. The molecule has 2 aliphatic heterocycles. The first-order chi connectivity index (χ1) is 40.5. The Hall–Kier alpha value is -6.40. The Morgan fingerprint density at radius 2 is 1.10 bits per heavy atom. The van der Waals surface area contributed by atoms with E-state index >= 15 is 0 Å². The van der Waals surface area contributed by atoms with Gasteiger partial charge >= 0.3 is 0 Å². The summed E-state index contributed by atoms with van der Waals surface area (Å²) in [5.74, 6) is 0. The van der Waals surface area contributed by atoms with Crippen LogP contribution < -0.4 is 25.5 Å². The van der Waals surface area contributed by atoms with E-state index in [9.17, 15) is 13.7 Å². The minimum atomic E-state index is -0.871. The van der Waals surface area contributed by atoms with Gasteiger partial charge in [0.05, 0.1) is 27.6 Å². The van der Waals surface area contributed by atoms with Crippen LogP contribution >= 0.6 is 22.7 Å². The first-order valence-corrected chi connectivity index (χ1v) is 25.9. The van der Waals surface area contributed by atoms with Crippen molar-refractivity contribution in [3.8, 4) is 22.3 Å². The average Bonchev–Trinajstić information content (AvgIpc) is 1.63. The molecule has 350 valence electrons. The first-order valence-electron chi connectivity index (χ1n) is 32.3. The molecule has 0 saturated heterocycles. The Morgan fingerprint density at radius 1 is 0.549 bits per heavy atom. The predicted molar refractivity (Wildman–Crippen MR) is 312 cm³/mol. The quantitative estimate of drug-likeness (QED) is 0.162. The van der Waals surface area contributed by atoms with Gasteiger partial charge in [0.1, 0.15) is 0 Å². The van der Waals surface area contributed by atoms with Crippen LogP contribution in [0.5, 0.6) is 0 Å². The van der Waals surface area contributed by atoms with Gasteiger partial charge in [-0.3, -0.25) is 0 Å². The Balaban J connectivity index is 1.25. The van der Waals surface area contributed by atoms with Crippen molar-refractivity contribution in [2.45, 2.75) is 104 Å². The lowest BCUT2D eigenvalue weighted by molar-refractivity contribution is 0.403. The second kappa shape index (κ2) is 15.3. The fourth-order valence-electron chi connectivity index (χ4n) is 11.6. The smallest absolute Gasteiger partial charge is 0.264 e. The maximum atomic E-state index is 11.1. The standard InChI is InChI=1S/C66H61BN2S2/c1-39-30-55-59-56(31-39)69(46-28-24-44(25-29-46)64(5,6)7)60-50-34-51-52(66(10,11)38-65(51,8)9)36-57(50)71-62(60)67(59)53-35-48-49-33-42(40-18-14-12-15-19-40)32-47(41-20-16-13-17-21-41)61(49)70-58(48)37-54(53)68(55)45-26-22-43(23-27-45)63(2,3)4/h12-37H,38H2,1-11H3/i12D,13D,14D,15D,16D,17D,18D,19D,20D,21D,32D,33D,34D,35D,36D,37D. The molecule has 10 aromatic rings. The first kappa shape index (κ1) is 30.5. The van der Waals surface area contributed by atoms with Crippen molar-refractivity contribution in [3.63, 3.8) is 0 Å². The molecule has 2 aromatic heterocycles. The Morgan fingerprint density at radius 3 is 1.70 bits per heavy atom. The van der Waals surface area contributed by atoms with Crippen LogP contribution in [0.4, 0.5) is 34.1 Å². The van der Waals surface area contributed by atoms with Crippen LogP contribution in [-0.2, 0) is 21.7 Å². The molecule has 0 radical (unpaired) electrons. The molecule has 0 bridgehead atoms. The van der Waals surface area contributed by atoms with Crippen molar-refractivity contribution < 1.29 is 21.9 Å². The molecule has 4 heterocycles. The number of benzene rings is 8. The molecular formula is C66H61BN2S2. The number of fused-ring (bicyclic) bond motifs is 10. The van der Waals surface area contributed by atoms with E-state index in [0.717, 1.165) is 72.9 Å². The highest BCUT2D eigenvalue weighted by atomic mass is 32.1. The van der Waals surface area contributed by atoms with E-state index in [1.54, 1.807) is 0 Å². The van der Waals surface area contributed by atoms with Gasteiger partial charge in [0.15, 0.2) is 0 Å². The largest absolute Gasteiger partial charge is 0.311 e. The normalized spacial score (nSPS) is 18.8. The Kier molecular flexibility index (Phi) is 6.57. The van der Waals surface area contributed by atoms with E-state index in [-0.39, 0.29) is 48.7 Å². The van der Waals surface area contributed by atoms with Crippen LogP contribution in [0.25, 0.3) is 52.5 Å². The van der Waals surface area contributed by atoms with Crippen LogP contribution in [0.3, 0.4) is 0 Å². The predicted octanol–water partition coefficient (Wildman–Crippen LogP) is 17.5. The summed E-state index contributed by atoms with van der Waals surface area (Å²) >= 11 is 2.34. The topological polar surface area (TPSA) is 6.48 Å². The highest BCUT2D eigenvalue weighted by molar-refractivity contribution is 7.34. The molecule has 0 amide bonds. The summed E-state index contributed by atoms with van der Waals surface area (Å²) in [5, 5.41) is 0.587. The molecule has 0 spiro atoms. The van der Waals surface area contributed by atoms with Gasteiger partial charge < -0.3 is 9.80 Å². The fraction of sp³-hybridized carbons (Fsp3) is 0.242. The third kappa shape index (κ3) is 6.86. The third-order valence-corrected chi connectivity index (χ3v) is 17.1. The second-order valence-electron chi connectivity index (χ2n) is 22.9. The van der Waals surface area contributed by atoms with Crippen molar-refractivity contribution >= 4 is 109 Å². The van der Waals surface area contributed by atoms with Crippen LogP contribution in [0, 0.1) is 6.92 Å². The summed E-state index contributed by atoms with van der Waals surface area (Å²) in [6, 6.07) is 12.9. The summed E-state index contributed by atoms with van der Waals surface area (Å²) in [5.41, 5.74) is 6.75. The monoisotopic (exact) mass is 973 g/mol. The molecule has 13 rings (SSSR count). The van der Waals surface area contributed by atoms with E-state index in [1.165, 1.54) is 11.3 Å². The molecule has 0 fully saturated rings. The van der Waals surface area contributed by atoms with Gasteiger partial charge in [-0.1, -0.05) is 160 Å². The highest BCUT2D eigenvalue weighted by Crippen LogP contribution is 2.55. The lowest BCUT2D eigenvalue weighted by Gasteiger charge is -2.43. The number of hydrogen-bond acceptors (Lipinski definition) is 4. The van der Waals surface area contributed by atoms with Gasteiger partial charge in [0.25, 0.3) is 6.71 Å². The number of aryl methyl sites for hydroxylation is 1. The zero-order valence-corrected chi connectivity index (χ0v) is 43.4. The minimum absolute atomic E-state index is 0.0302. The third-order valence-electron chi connectivity index (χ3n) is 14.8. The van der Waals surface area contributed by atoms with Gasteiger partial charge in [-0.25, -0.2) is 0 Å². The number of rotatable bonds is 4. The molecule has 8 aromatic carbocycles. The lowest BCUT2D eigenvalue weighted by atomic mass is 9.36. The van der Waals surface area contributed by atoms with E-state index in [4.69, 9.17) is 8.22 Å². The van der Waals surface area contributed by atoms with Crippen LogP contribution in [-0.4, -0.2) is 6.71 Å². The summed E-state index contributed by atoms with van der Waals surface area (Å²) in [7, 11) is 0. The van der Waals surface area contributed by atoms with E-state index in [2.05, 4.69) is 123 Å². The Labute approximate surface area is 451 Å². The minimum Gasteiger partial charge on any atom is -0.311 e. The van der Waals surface area contributed by atoms with Crippen molar-refractivity contribution in [2.24, 2.45) is 0 Å². The van der Waals surface area contributed by atoms with Gasteiger partial charge in [-0.2, -0.15) is 0 Å². The SMILES string of the molecule is [2H]c1c([2H])c([2H])c(-c2c([2H])c(-c3c([2H])c([2H])c([2H])c([2H])c3[2H])c3sc4c([2H])c5c(c([2H])c4c3c2[2H])B2c3sc4c([2H])c6c(c([2H])c4c3N(c3ccc(C(C)(C)C)cc3)c3cc(C)cc(c32)N5c2ccc(C(C)(C)C)cc2)C(C)(C)CC6(C)C)c([2H])c1[2H]. The Bertz CT molecular complexity index is 4720. The summed E-state index contributed by atoms with van der Waals surface area (Å²) in [6.45, 7) is 22.6. The van der Waals surface area contributed by atoms with Crippen LogP contribution in [0.1, 0.15) is 125 Å². The number of hydrogen-bond donors (Lipinski definition) is 0. The zero-order chi connectivity index (χ0) is 63.0. The van der Waals surface area contributed by atoms with Gasteiger partial charge in [-0.05, 0) is 157 Å². The van der Waals surface area contributed by atoms with Crippen molar-refractivity contribution in [1.82, 2.24) is 0 Å². The molecule has 2 nitrogen and oxygen atoms in total. The van der Waals surface area contributed by atoms with E-state index < -0.39 is 107 Å². The number of anilines is 6. The molecule has 0 saturated carbocycles. The molecule has 5 heteroatoms. The second-order valence-corrected chi connectivity index (χ2v) is 25.0. The summed E-state index contributed by atoms with van der Waals surface area (Å²) < 4.78 is 154. The molecule has 3 aliphatic rings. The van der Waals surface area contributed by atoms with Crippen molar-refractivity contribution in [2.75, 3.05) is 9.80 Å². The fourth-order valence-corrected chi connectivity index (χ4v) is 14.0. The molecule has 0 atom stereocenters. The van der Waals surface area contributed by atoms with Gasteiger partial charge in [0.2, 0.25) is 0 Å². The molecule has 1 aliphatic carbocycles. The van der Waals surface area contributed by atoms with Crippen LogP contribution in [0.15, 0.2) is 157 Å².